The molecule has 2 heterocycles. The highest BCUT2D eigenvalue weighted by atomic mass is 35.5. The zero-order chi connectivity index (χ0) is 28.2. The number of aromatic nitrogens is 2. The third kappa shape index (κ3) is 7.23. The van der Waals surface area contributed by atoms with E-state index in [1.54, 1.807) is 32.0 Å². The summed E-state index contributed by atoms with van der Waals surface area (Å²) in [4.78, 5) is 33.8. The summed E-state index contributed by atoms with van der Waals surface area (Å²) in [6.45, 7) is 3.45. The zero-order valence-electron chi connectivity index (χ0n) is 20.5. The topological polar surface area (TPSA) is 143 Å². The molecule has 4 rings (SSSR count). The van der Waals surface area contributed by atoms with E-state index in [0.29, 0.717) is 22.0 Å². The minimum Gasteiger partial charge on any atom is -0.459 e. The van der Waals surface area contributed by atoms with Crippen molar-refractivity contribution in [3.8, 4) is 0 Å². The first-order valence-corrected chi connectivity index (χ1v) is 13.5. The van der Waals surface area contributed by atoms with Crippen LogP contribution in [-0.2, 0) is 14.8 Å². The standard InChI is InChI=1S/C26H21Cl2N5O5S/c1-15-12-16(2)30-26(29-15)33-39(36,37)20-9-7-19(8-10-20)31-24(34)22(32-25(35)23-4-3-11-38-23)13-17-5-6-18(27)14-21(17)28/h3-14H,1-2H3,(H,31,34)(H,32,35)(H,29,30,33). The van der Waals surface area contributed by atoms with Gasteiger partial charge in [-0.3, -0.25) is 9.59 Å². The molecule has 0 fully saturated rings. The number of carbonyl (C=O) groups is 2. The molecule has 0 aliphatic rings. The van der Waals surface area contributed by atoms with Crippen LogP contribution in [-0.4, -0.2) is 30.2 Å². The number of nitrogens with one attached hydrogen (secondary N) is 3. The van der Waals surface area contributed by atoms with Crippen molar-refractivity contribution in [3.63, 3.8) is 0 Å². The van der Waals surface area contributed by atoms with Crippen LogP contribution in [0.25, 0.3) is 6.08 Å². The predicted molar refractivity (Wildman–Crippen MR) is 148 cm³/mol. The van der Waals surface area contributed by atoms with Crippen molar-refractivity contribution >= 4 is 62.8 Å². The number of carbonyl (C=O) groups excluding carboxylic acids is 2. The van der Waals surface area contributed by atoms with Gasteiger partial charge in [-0.15, -0.1) is 0 Å². The number of nitrogens with zero attached hydrogens (tertiary/aromatic N) is 2. The Morgan fingerprint density at radius 1 is 0.949 bits per heavy atom. The molecule has 10 nitrogen and oxygen atoms in total. The lowest BCUT2D eigenvalue weighted by Crippen LogP contribution is -2.30. The second kappa shape index (κ2) is 11.7. The third-order valence-electron chi connectivity index (χ3n) is 5.13. The molecule has 2 aromatic carbocycles. The first kappa shape index (κ1) is 27.8. The Labute approximate surface area is 234 Å². The highest BCUT2D eigenvalue weighted by Crippen LogP contribution is 2.24. The van der Waals surface area contributed by atoms with Crippen LogP contribution in [0.15, 0.2) is 81.9 Å². The van der Waals surface area contributed by atoms with Gasteiger partial charge in [-0.25, -0.2) is 23.1 Å². The number of sulfonamides is 1. The summed E-state index contributed by atoms with van der Waals surface area (Å²) in [6, 6.07) is 14.8. The number of hydrogen-bond donors (Lipinski definition) is 3. The van der Waals surface area contributed by atoms with Gasteiger partial charge < -0.3 is 15.1 Å². The van der Waals surface area contributed by atoms with Crippen LogP contribution in [0.2, 0.25) is 10.0 Å². The molecule has 0 bridgehead atoms. The van der Waals surface area contributed by atoms with Crippen LogP contribution in [0.1, 0.15) is 27.5 Å². The Morgan fingerprint density at radius 2 is 1.64 bits per heavy atom. The van der Waals surface area contributed by atoms with Crippen molar-refractivity contribution in [3.05, 3.63) is 105 Å². The Bertz CT molecular complexity index is 1650. The van der Waals surface area contributed by atoms with Gasteiger partial charge in [-0.05, 0) is 80.1 Å². The first-order valence-electron chi connectivity index (χ1n) is 11.3. The second-order valence-electron chi connectivity index (χ2n) is 8.21. The molecular weight excluding hydrogens is 565 g/mol. The van der Waals surface area contributed by atoms with Crippen molar-refractivity contribution < 1.29 is 22.4 Å². The summed E-state index contributed by atoms with van der Waals surface area (Å²) in [5.41, 5.74) is 1.77. The largest absolute Gasteiger partial charge is 0.459 e. The fraction of sp³-hybridized carbons (Fsp3) is 0.0769. The van der Waals surface area contributed by atoms with Crippen molar-refractivity contribution in [1.29, 1.82) is 0 Å². The fourth-order valence-electron chi connectivity index (χ4n) is 3.39. The SMILES string of the molecule is Cc1cc(C)nc(NS(=O)(=O)c2ccc(NC(=O)C(=Cc3ccc(Cl)cc3Cl)NC(=O)c3ccco3)cc2)n1. The Balaban J connectivity index is 1.55. The highest BCUT2D eigenvalue weighted by Gasteiger charge is 2.19. The molecule has 2 amide bonds. The average molecular weight is 586 g/mol. The van der Waals surface area contributed by atoms with E-state index in [1.165, 1.54) is 54.8 Å². The van der Waals surface area contributed by atoms with Gasteiger partial charge >= 0.3 is 0 Å². The number of rotatable bonds is 8. The second-order valence-corrected chi connectivity index (χ2v) is 10.7. The summed E-state index contributed by atoms with van der Waals surface area (Å²) in [6.07, 6.45) is 2.70. The van der Waals surface area contributed by atoms with E-state index < -0.39 is 21.8 Å². The maximum Gasteiger partial charge on any atom is 0.291 e. The lowest BCUT2D eigenvalue weighted by atomic mass is 10.1. The molecule has 0 spiro atoms. The van der Waals surface area contributed by atoms with Gasteiger partial charge in [-0.2, -0.15) is 0 Å². The Hall–Kier alpha value is -4.19. The lowest BCUT2D eigenvalue weighted by molar-refractivity contribution is -0.113. The van der Waals surface area contributed by atoms with Crippen LogP contribution in [0.5, 0.6) is 0 Å². The fourth-order valence-corrected chi connectivity index (χ4v) is 4.80. The minimum absolute atomic E-state index is 0.00857. The molecule has 0 unspecified atom stereocenters. The van der Waals surface area contributed by atoms with E-state index in [2.05, 4.69) is 25.3 Å². The van der Waals surface area contributed by atoms with Crippen LogP contribution in [0.4, 0.5) is 11.6 Å². The minimum atomic E-state index is -3.99. The Morgan fingerprint density at radius 3 is 2.26 bits per heavy atom. The van der Waals surface area contributed by atoms with Gasteiger partial charge in [0, 0.05) is 27.1 Å². The van der Waals surface area contributed by atoms with Crippen molar-refractivity contribution in [2.24, 2.45) is 0 Å². The molecule has 0 saturated carbocycles. The van der Waals surface area contributed by atoms with E-state index in [-0.39, 0.29) is 33.0 Å². The van der Waals surface area contributed by atoms with Crippen molar-refractivity contribution in [2.75, 3.05) is 10.0 Å². The molecule has 0 saturated heterocycles. The summed E-state index contributed by atoms with van der Waals surface area (Å²) in [5, 5.41) is 5.79. The van der Waals surface area contributed by atoms with E-state index in [0.717, 1.165) is 0 Å². The van der Waals surface area contributed by atoms with Crippen LogP contribution < -0.4 is 15.4 Å². The first-order chi connectivity index (χ1) is 18.5. The molecule has 200 valence electrons. The number of aryl methyl sites for hydroxylation is 2. The quantitative estimate of drug-likeness (QED) is 0.241. The number of benzene rings is 2. The van der Waals surface area contributed by atoms with Gasteiger partial charge in [0.25, 0.3) is 21.8 Å². The number of furan rings is 1. The van der Waals surface area contributed by atoms with Crippen molar-refractivity contribution in [2.45, 2.75) is 18.7 Å². The van der Waals surface area contributed by atoms with E-state index in [1.807, 2.05) is 0 Å². The highest BCUT2D eigenvalue weighted by molar-refractivity contribution is 7.92. The number of anilines is 2. The average Bonchev–Trinajstić information content (AvgIpc) is 3.40. The van der Waals surface area contributed by atoms with Crippen molar-refractivity contribution in [1.82, 2.24) is 15.3 Å². The van der Waals surface area contributed by atoms with E-state index in [9.17, 15) is 18.0 Å². The van der Waals surface area contributed by atoms with Gasteiger partial charge in [0.1, 0.15) is 5.70 Å². The summed E-state index contributed by atoms with van der Waals surface area (Å²) in [5.74, 6) is -1.41. The van der Waals surface area contributed by atoms with E-state index in [4.69, 9.17) is 27.6 Å². The molecule has 13 heteroatoms. The van der Waals surface area contributed by atoms with Crippen LogP contribution in [0, 0.1) is 13.8 Å². The van der Waals surface area contributed by atoms with Gasteiger partial charge in [-0.1, -0.05) is 29.3 Å². The van der Waals surface area contributed by atoms with Gasteiger partial charge in [0.2, 0.25) is 5.95 Å². The summed E-state index contributed by atoms with van der Waals surface area (Å²) in [7, 11) is -3.99. The third-order valence-corrected chi connectivity index (χ3v) is 7.04. The number of amides is 2. The molecule has 39 heavy (non-hydrogen) atoms. The Kier molecular flexibility index (Phi) is 8.34. The summed E-state index contributed by atoms with van der Waals surface area (Å²) >= 11 is 12.2. The van der Waals surface area contributed by atoms with Crippen LogP contribution >= 0.6 is 23.2 Å². The molecule has 3 N–H and O–H groups in total. The number of halogens is 2. The van der Waals surface area contributed by atoms with Gasteiger partial charge in [0.05, 0.1) is 11.2 Å². The monoisotopic (exact) mass is 585 g/mol. The molecule has 0 aliphatic heterocycles. The maximum atomic E-state index is 13.1. The molecule has 4 aromatic rings. The maximum absolute atomic E-state index is 13.1. The molecule has 2 aromatic heterocycles. The summed E-state index contributed by atoms with van der Waals surface area (Å²) < 4.78 is 33.0. The normalized spacial score (nSPS) is 11.6. The van der Waals surface area contributed by atoms with Crippen LogP contribution in [0.3, 0.4) is 0 Å². The molecule has 0 atom stereocenters. The predicted octanol–water partition coefficient (Wildman–Crippen LogP) is 5.20. The smallest absolute Gasteiger partial charge is 0.291 e. The van der Waals surface area contributed by atoms with Gasteiger partial charge in [0.15, 0.2) is 5.76 Å². The van der Waals surface area contributed by atoms with E-state index >= 15 is 0 Å². The lowest BCUT2D eigenvalue weighted by Gasteiger charge is -2.12. The number of hydrogen-bond acceptors (Lipinski definition) is 7. The molecule has 0 aliphatic carbocycles. The molecular formula is C26H21Cl2N5O5S. The molecule has 0 radical (unpaired) electrons. The zero-order valence-corrected chi connectivity index (χ0v) is 22.9.